The molecule has 1 unspecified atom stereocenters. The molecular weight excluding hydrogens is 386 g/mol. The smallest absolute Gasteiger partial charge is 0.248 e. The van der Waals surface area contributed by atoms with Gasteiger partial charge < -0.3 is 16.0 Å². The van der Waals surface area contributed by atoms with Crippen LogP contribution in [0.25, 0.3) is 0 Å². The molecule has 9 heteroatoms. The normalized spacial score (nSPS) is 11.9. The third-order valence-electron chi connectivity index (χ3n) is 3.85. The zero-order valence-corrected chi connectivity index (χ0v) is 16.7. The van der Waals surface area contributed by atoms with Gasteiger partial charge in [-0.25, -0.2) is 13.8 Å². The van der Waals surface area contributed by atoms with Gasteiger partial charge >= 0.3 is 0 Å². The van der Waals surface area contributed by atoms with Crippen LogP contribution in [0, 0.1) is 11.6 Å². The summed E-state index contributed by atoms with van der Waals surface area (Å²) in [5.41, 5.74) is 0.207. The molecule has 1 heterocycles. The summed E-state index contributed by atoms with van der Waals surface area (Å²) in [4.78, 5) is 29.9. The SMILES string of the molecule is CCCC(NC(=O)Cc1cc(F)cc(F)c1)C(=O)Nc1ncc(CNCC)s1. The molecule has 0 saturated heterocycles. The molecule has 0 aliphatic heterocycles. The molecule has 0 bridgehead atoms. The number of halogens is 2. The molecule has 0 aliphatic rings. The zero-order valence-electron chi connectivity index (χ0n) is 15.9. The van der Waals surface area contributed by atoms with Crippen LogP contribution in [-0.4, -0.2) is 29.4 Å². The predicted molar refractivity (Wildman–Crippen MR) is 105 cm³/mol. The number of rotatable bonds is 10. The fraction of sp³-hybridized carbons (Fsp3) is 0.421. The quantitative estimate of drug-likeness (QED) is 0.562. The van der Waals surface area contributed by atoms with Crippen molar-refractivity contribution in [1.82, 2.24) is 15.6 Å². The van der Waals surface area contributed by atoms with Crippen LogP contribution < -0.4 is 16.0 Å². The van der Waals surface area contributed by atoms with Gasteiger partial charge in [-0.15, -0.1) is 11.3 Å². The maximum atomic E-state index is 13.3. The van der Waals surface area contributed by atoms with Gasteiger partial charge in [-0.1, -0.05) is 20.3 Å². The van der Waals surface area contributed by atoms with E-state index in [2.05, 4.69) is 20.9 Å². The third-order valence-corrected chi connectivity index (χ3v) is 4.76. The number of anilines is 1. The van der Waals surface area contributed by atoms with E-state index in [1.807, 2.05) is 13.8 Å². The summed E-state index contributed by atoms with van der Waals surface area (Å²) in [6, 6.07) is 2.18. The fourth-order valence-corrected chi connectivity index (χ4v) is 3.37. The van der Waals surface area contributed by atoms with E-state index in [1.165, 1.54) is 11.3 Å². The second-order valence-electron chi connectivity index (χ2n) is 6.26. The van der Waals surface area contributed by atoms with Crippen LogP contribution in [0.4, 0.5) is 13.9 Å². The molecular formula is C19H24F2N4O2S. The lowest BCUT2D eigenvalue weighted by Gasteiger charge is -2.17. The van der Waals surface area contributed by atoms with Gasteiger partial charge in [0.25, 0.3) is 0 Å². The number of carbonyl (C=O) groups is 2. The number of amides is 2. The summed E-state index contributed by atoms with van der Waals surface area (Å²) in [6.45, 7) is 5.40. The Labute approximate surface area is 166 Å². The van der Waals surface area contributed by atoms with Gasteiger partial charge in [0.2, 0.25) is 11.8 Å². The number of nitrogens with zero attached hydrogens (tertiary/aromatic N) is 1. The van der Waals surface area contributed by atoms with Crippen molar-refractivity contribution in [3.05, 3.63) is 46.5 Å². The molecule has 1 aromatic carbocycles. The average Bonchev–Trinajstić information content (AvgIpc) is 3.05. The highest BCUT2D eigenvalue weighted by atomic mass is 32.1. The van der Waals surface area contributed by atoms with Crippen LogP contribution >= 0.6 is 11.3 Å². The van der Waals surface area contributed by atoms with Gasteiger partial charge in [-0.3, -0.25) is 9.59 Å². The summed E-state index contributed by atoms with van der Waals surface area (Å²) >= 11 is 1.36. The number of aromatic nitrogens is 1. The van der Waals surface area contributed by atoms with Crippen LogP contribution in [0.2, 0.25) is 0 Å². The molecule has 28 heavy (non-hydrogen) atoms. The largest absolute Gasteiger partial charge is 0.344 e. The zero-order chi connectivity index (χ0) is 20.5. The van der Waals surface area contributed by atoms with E-state index in [9.17, 15) is 18.4 Å². The second kappa shape index (κ2) is 10.8. The maximum Gasteiger partial charge on any atom is 0.248 e. The van der Waals surface area contributed by atoms with Crippen molar-refractivity contribution < 1.29 is 18.4 Å². The first-order valence-electron chi connectivity index (χ1n) is 9.11. The Kier molecular flexibility index (Phi) is 8.46. The molecule has 0 radical (unpaired) electrons. The van der Waals surface area contributed by atoms with Crippen molar-refractivity contribution in [2.75, 3.05) is 11.9 Å². The van der Waals surface area contributed by atoms with Crippen LogP contribution in [0.5, 0.6) is 0 Å². The van der Waals surface area contributed by atoms with Gasteiger partial charge in [0, 0.05) is 23.7 Å². The minimum Gasteiger partial charge on any atom is -0.344 e. The van der Waals surface area contributed by atoms with E-state index in [4.69, 9.17) is 0 Å². The number of nitrogens with one attached hydrogen (secondary N) is 3. The minimum absolute atomic E-state index is 0.207. The molecule has 0 fully saturated rings. The van der Waals surface area contributed by atoms with Gasteiger partial charge in [0.15, 0.2) is 5.13 Å². The number of hydrogen-bond acceptors (Lipinski definition) is 5. The second-order valence-corrected chi connectivity index (χ2v) is 7.38. The molecule has 2 amide bonds. The van der Waals surface area contributed by atoms with Crippen LogP contribution in [0.15, 0.2) is 24.4 Å². The molecule has 0 saturated carbocycles. The number of hydrogen-bond donors (Lipinski definition) is 3. The minimum atomic E-state index is -0.753. The Morgan fingerprint density at radius 1 is 1.18 bits per heavy atom. The van der Waals surface area contributed by atoms with Crippen LogP contribution in [0.1, 0.15) is 37.1 Å². The predicted octanol–water partition coefficient (Wildman–Crippen LogP) is 3.00. The summed E-state index contributed by atoms with van der Waals surface area (Å²) < 4.78 is 26.5. The van der Waals surface area contributed by atoms with Crippen molar-refractivity contribution in [2.45, 2.75) is 45.7 Å². The molecule has 0 spiro atoms. The Hall–Kier alpha value is -2.39. The van der Waals surface area contributed by atoms with Crippen molar-refractivity contribution in [3.8, 4) is 0 Å². The Bertz CT molecular complexity index is 793. The highest BCUT2D eigenvalue weighted by Crippen LogP contribution is 2.18. The van der Waals surface area contributed by atoms with Gasteiger partial charge in [0.1, 0.15) is 17.7 Å². The molecule has 0 aliphatic carbocycles. The Morgan fingerprint density at radius 2 is 1.89 bits per heavy atom. The first-order chi connectivity index (χ1) is 13.4. The number of carbonyl (C=O) groups excluding carboxylic acids is 2. The average molecular weight is 410 g/mol. The topological polar surface area (TPSA) is 83.1 Å². The van der Waals surface area contributed by atoms with Crippen molar-refractivity contribution in [1.29, 1.82) is 0 Å². The van der Waals surface area contributed by atoms with Crippen LogP contribution in [0.3, 0.4) is 0 Å². The third kappa shape index (κ3) is 6.97. The first kappa shape index (κ1) is 21.9. The van der Waals surface area contributed by atoms with E-state index in [-0.39, 0.29) is 17.9 Å². The van der Waals surface area contributed by atoms with Crippen molar-refractivity contribution in [3.63, 3.8) is 0 Å². The summed E-state index contributed by atoms with van der Waals surface area (Å²) in [7, 11) is 0. The fourth-order valence-electron chi connectivity index (χ4n) is 2.59. The van der Waals surface area contributed by atoms with Crippen molar-refractivity contribution >= 4 is 28.3 Å². The van der Waals surface area contributed by atoms with Gasteiger partial charge in [0.05, 0.1) is 6.42 Å². The highest BCUT2D eigenvalue weighted by Gasteiger charge is 2.21. The lowest BCUT2D eigenvalue weighted by Crippen LogP contribution is -2.44. The van der Waals surface area contributed by atoms with E-state index in [1.54, 1.807) is 6.20 Å². The number of benzene rings is 1. The molecule has 2 aromatic rings. The monoisotopic (exact) mass is 410 g/mol. The Balaban J connectivity index is 1.96. The lowest BCUT2D eigenvalue weighted by molar-refractivity contribution is -0.126. The van der Waals surface area contributed by atoms with E-state index in [0.29, 0.717) is 24.5 Å². The summed E-state index contributed by atoms with van der Waals surface area (Å²) in [6.07, 6.45) is 2.59. The summed E-state index contributed by atoms with van der Waals surface area (Å²) in [5.74, 6) is -2.35. The first-order valence-corrected chi connectivity index (χ1v) is 9.93. The molecule has 152 valence electrons. The lowest BCUT2D eigenvalue weighted by atomic mass is 10.1. The van der Waals surface area contributed by atoms with E-state index < -0.39 is 23.6 Å². The Morgan fingerprint density at radius 3 is 2.54 bits per heavy atom. The molecule has 2 rings (SSSR count). The molecule has 3 N–H and O–H groups in total. The van der Waals surface area contributed by atoms with Crippen LogP contribution in [-0.2, 0) is 22.6 Å². The molecule has 6 nitrogen and oxygen atoms in total. The summed E-state index contributed by atoms with van der Waals surface area (Å²) in [5, 5.41) is 8.99. The maximum absolute atomic E-state index is 13.3. The standard InChI is InChI=1S/C19H24F2N4O2S/c1-3-5-16(18(27)25-19-23-11-15(28-19)10-22-4-2)24-17(26)8-12-6-13(20)9-14(21)7-12/h6-7,9,11,16,22H,3-5,8,10H2,1-2H3,(H,24,26)(H,23,25,27). The van der Waals surface area contributed by atoms with Crippen molar-refractivity contribution in [2.24, 2.45) is 0 Å². The highest BCUT2D eigenvalue weighted by molar-refractivity contribution is 7.15. The molecule has 1 atom stereocenters. The van der Waals surface area contributed by atoms with Gasteiger partial charge in [-0.05, 0) is 30.7 Å². The molecule has 1 aromatic heterocycles. The van der Waals surface area contributed by atoms with E-state index >= 15 is 0 Å². The number of thiazole rings is 1. The van der Waals surface area contributed by atoms with Gasteiger partial charge in [-0.2, -0.15) is 0 Å². The van der Waals surface area contributed by atoms with E-state index in [0.717, 1.165) is 29.6 Å².